The van der Waals surface area contributed by atoms with E-state index in [1.165, 1.54) is 83.5 Å². The molecule has 0 radical (unpaired) electrons. The van der Waals surface area contributed by atoms with Crippen LogP contribution in [0, 0.1) is 5.92 Å². The molecule has 114 valence electrons. The summed E-state index contributed by atoms with van der Waals surface area (Å²) in [7, 11) is 0. The van der Waals surface area contributed by atoms with Crippen LogP contribution in [0.15, 0.2) is 12.2 Å². The highest BCUT2D eigenvalue weighted by Crippen LogP contribution is 2.16. The molecule has 0 N–H and O–H groups in total. The molecule has 0 aliphatic heterocycles. The first-order valence-electron chi connectivity index (χ1n) is 8.96. The second kappa shape index (κ2) is 15.8. The molecule has 0 nitrogen and oxygen atoms in total. The minimum atomic E-state index is 0.922. The van der Waals surface area contributed by atoms with Crippen LogP contribution in [0.2, 0.25) is 0 Å². The maximum atomic E-state index is 2.42. The molecule has 19 heavy (non-hydrogen) atoms. The Morgan fingerprint density at radius 1 is 0.632 bits per heavy atom. The molecule has 0 amide bonds. The Morgan fingerprint density at radius 3 is 1.89 bits per heavy atom. The fourth-order valence-electron chi connectivity index (χ4n) is 2.55. The van der Waals surface area contributed by atoms with E-state index in [-0.39, 0.29) is 0 Å². The summed E-state index contributed by atoms with van der Waals surface area (Å²) < 4.78 is 0. The summed E-state index contributed by atoms with van der Waals surface area (Å²) in [6.07, 6.45) is 22.9. The van der Waals surface area contributed by atoms with Crippen LogP contribution in [0.25, 0.3) is 0 Å². The first kappa shape index (κ1) is 18.7. The monoisotopic (exact) mass is 266 g/mol. The molecule has 0 bridgehead atoms. The molecule has 0 fully saturated rings. The number of rotatable bonds is 14. The summed E-state index contributed by atoms with van der Waals surface area (Å²) in [6, 6.07) is 0. The van der Waals surface area contributed by atoms with Gasteiger partial charge >= 0.3 is 0 Å². The van der Waals surface area contributed by atoms with Gasteiger partial charge in [0, 0.05) is 0 Å². The topological polar surface area (TPSA) is 0 Å². The van der Waals surface area contributed by atoms with E-state index in [2.05, 4.69) is 32.9 Å². The van der Waals surface area contributed by atoms with Gasteiger partial charge in [0.25, 0.3) is 0 Å². The van der Waals surface area contributed by atoms with Gasteiger partial charge in [-0.1, -0.05) is 90.7 Å². The lowest BCUT2D eigenvalue weighted by Crippen LogP contribution is -1.93. The molecule has 0 aromatic rings. The second-order valence-corrected chi connectivity index (χ2v) is 6.21. The molecule has 0 aliphatic rings. The standard InChI is InChI=1S/C19H38/c1-4-6-8-10-11-12-13-14-16-18-19(3)17-15-9-7-5-2/h13-14,19H,4-12,15-18H2,1-3H3/b14-13+. The van der Waals surface area contributed by atoms with Gasteiger partial charge in [-0.3, -0.25) is 0 Å². The van der Waals surface area contributed by atoms with E-state index in [0.29, 0.717) is 0 Å². The van der Waals surface area contributed by atoms with E-state index in [4.69, 9.17) is 0 Å². The lowest BCUT2D eigenvalue weighted by Gasteiger charge is -2.09. The Morgan fingerprint density at radius 2 is 1.21 bits per heavy atom. The Balaban J connectivity index is 3.22. The van der Waals surface area contributed by atoms with Crippen LogP contribution in [-0.4, -0.2) is 0 Å². The zero-order valence-corrected chi connectivity index (χ0v) is 13.9. The van der Waals surface area contributed by atoms with E-state index in [0.717, 1.165) is 5.92 Å². The zero-order chi connectivity index (χ0) is 14.2. The summed E-state index contributed by atoms with van der Waals surface area (Å²) in [4.78, 5) is 0. The van der Waals surface area contributed by atoms with E-state index >= 15 is 0 Å². The van der Waals surface area contributed by atoms with Crippen LogP contribution in [0.5, 0.6) is 0 Å². The Kier molecular flexibility index (Phi) is 15.6. The predicted octanol–water partition coefficient (Wildman–Crippen LogP) is 7.29. The van der Waals surface area contributed by atoms with Crippen LogP contribution in [0.4, 0.5) is 0 Å². The largest absolute Gasteiger partial charge is 0.0885 e. The maximum Gasteiger partial charge on any atom is -0.0348 e. The molecule has 0 saturated heterocycles. The Hall–Kier alpha value is -0.260. The molecule has 0 aliphatic carbocycles. The molecule has 0 rings (SSSR count). The molecular weight excluding hydrogens is 228 g/mol. The van der Waals surface area contributed by atoms with Crippen molar-refractivity contribution in [3.05, 3.63) is 12.2 Å². The van der Waals surface area contributed by atoms with Crippen molar-refractivity contribution in [2.45, 2.75) is 104 Å². The van der Waals surface area contributed by atoms with Gasteiger partial charge in [-0.2, -0.15) is 0 Å². The quantitative estimate of drug-likeness (QED) is 0.229. The summed E-state index contributed by atoms with van der Waals surface area (Å²) in [5.74, 6) is 0.922. The smallest absolute Gasteiger partial charge is 0.0348 e. The fraction of sp³-hybridized carbons (Fsp3) is 0.895. The van der Waals surface area contributed by atoms with E-state index in [1.54, 1.807) is 0 Å². The number of hydrogen-bond acceptors (Lipinski definition) is 0. The van der Waals surface area contributed by atoms with Crippen LogP contribution in [0.1, 0.15) is 104 Å². The van der Waals surface area contributed by atoms with E-state index in [9.17, 15) is 0 Å². The van der Waals surface area contributed by atoms with Crippen molar-refractivity contribution < 1.29 is 0 Å². The van der Waals surface area contributed by atoms with Gasteiger partial charge in [-0.25, -0.2) is 0 Å². The molecule has 0 aromatic carbocycles. The average molecular weight is 267 g/mol. The fourth-order valence-corrected chi connectivity index (χ4v) is 2.55. The third-order valence-electron chi connectivity index (χ3n) is 4.02. The van der Waals surface area contributed by atoms with Crippen LogP contribution in [0.3, 0.4) is 0 Å². The molecular formula is C19H38. The van der Waals surface area contributed by atoms with Crippen LogP contribution in [-0.2, 0) is 0 Å². The normalized spacial score (nSPS) is 13.2. The van der Waals surface area contributed by atoms with Crippen molar-refractivity contribution >= 4 is 0 Å². The highest BCUT2D eigenvalue weighted by atomic mass is 14.1. The zero-order valence-electron chi connectivity index (χ0n) is 13.9. The SMILES string of the molecule is CCCCCCC/C=C/CCC(C)CCCCCC. The van der Waals surface area contributed by atoms with Crippen molar-refractivity contribution in [1.29, 1.82) is 0 Å². The minimum Gasteiger partial charge on any atom is -0.0885 e. The molecule has 0 spiro atoms. The summed E-state index contributed by atoms with van der Waals surface area (Å²) in [5.41, 5.74) is 0. The molecule has 0 heterocycles. The number of allylic oxidation sites excluding steroid dienone is 2. The van der Waals surface area contributed by atoms with Gasteiger partial charge in [-0.15, -0.1) is 0 Å². The second-order valence-electron chi connectivity index (χ2n) is 6.21. The van der Waals surface area contributed by atoms with Gasteiger partial charge in [0.1, 0.15) is 0 Å². The lowest BCUT2D eigenvalue weighted by atomic mass is 9.98. The van der Waals surface area contributed by atoms with Gasteiger partial charge < -0.3 is 0 Å². The van der Waals surface area contributed by atoms with Crippen LogP contribution < -0.4 is 0 Å². The van der Waals surface area contributed by atoms with Gasteiger partial charge in [0.2, 0.25) is 0 Å². The molecule has 1 unspecified atom stereocenters. The molecule has 0 saturated carbocycles. The van der Waals surface area contributed by atoms with Crippen molar-refractivity contribution in [3.8, 4) is 0 Å². The average Bonchev–Trinajstić information content (AvgIpc) is 2.42. The number of unbranched alkanes of at least 4 members (excludes halogenated alkanes) is 8. The minimum absolute atomic E-state index is 0.922. The maximum absolute atomic E-state index is 2.42. The van der Waals surface area contributed by atoms with Crippen molar-refractivity contribution in [3.63, 3.8) is 0 Å². The first-order valence-corrected chi connectivity index (χ1v) is 8.96. The molecule has 1 atom stereocenters. The lowest BCUT2D eigenvalue weighted by molar-refractivity contribution is 0.463. The summed E-state index contributed by atoms with van der Waals surface area (Å²) >= 11 is 0. The van der Waals surface area contributed by atoms with E-state index < -0.39 is 0 Å². The van der Waals surface area contributed by atoms with Crippen molar-refractivity contribution in [1.82, 2.24) is 0 Å². The highest BCUT2D eigenvalue weighted by molar-refractivity contribution is 4.81. The van der Waals surface area contributed by atoms with Crippen molar-refractivity contribution in [2.24, 2.45) is 5.92 Å². The summed E-state index contributed by atoms with van der Waals surface area (Å²) in [6.45, 7) is 6.99. The van der Waals surface area contributed by atoms with E-state index in [1.807, 2.05) is 0 Å². The number of hydrogen-bond donors (Lipinski definition) is 0. The first-order chi connectivity index (χ1) is 9.31. The summed E-state index contributed by atoms with van der Waals surface area (Å²) in [5, 5.41) is 0. The van der Waals surface area contributed by atoms with Crippen LogP contribution >= 0.6 is 0 Å². The van der Waals surface area contributed by atoms with Gasteiger partial charge in [0.05, 0.1) is 0 Å². The predicted molar refractivity (Wildman–Crippen MR) is 89.7 cm³/mol. The van der Waals surface area contributed by atoms with Crippen molar-refractivity contribution in [2.75, 3.05) is 0 Å². The Labute approximate surface area is 123 Å². The third kappa shape index (κ3) is 15.7. The third-order valence-corrected chi connectivity index (χ3v) is 4.02. The highest BCUT2D eigenvalue weighted by Gasteiger charge is 2.00. The molecule has 0 heteroatoms. The molecule has 0 aromatic heterocycles. The van der Waals surface area contributed by atoms with Gasteiger partial charge in [0.15, 0.2) is 0 Å². The van der Waals surface area contributed by atoms with Gasteiger partial charge in [-0.05, 0) is 31.6 Å². The Bertz CT molecular complexity index is 180.